The molecule has 68 valence electrons. The zero-order chi connectivity index (χ0) is 8.97. The van der Waals surface area contributed by atoms with Crippen LogP contribution in [0.4, 0.5) is 5.69 Å². The maximum Gasteiger partial charge on any atom is 0.116 e. The van der Waals surface area contributed by atoms with Crippen LogP contribution in [0.1, 0.15) is 13.3 Å². The van der Waals surface area contributed by atoms with Crippen LogP contribution < -0.4 is 5.32 Å². The van der Waals surface area contributed by atoms with Gasteiger partial charge in [0.2, 0.25) is 0 Å². The molecule has 1 aromatic heterocycles. The minimum Gasteiger partial charge on any atom is -0.391 e. The lowest BCUT2D eigenvalue weighted by Crippen LogP contribution is -2.17. The van der Waals surface area contributed by atoms with Crippen molar-refractivity contribution in [2.24, 2.45) is 0 Å². The molecule has 0 saturated heterocycles. The Morgan fingerprint density at radius 2 is 2.50 bits per heavy atom. The quantitative estimate of drug-likeness (QED) is 0.792. The standard InChI is InChI=1S/C8H12ClNOS/c1-2-6(11)5-10-7-3-4-12-8(7)9/h3-4,6,10-11H,2,5H2,1H3/t6-/m1/s1. The lowest BCUT2D eigenvalue weighted by Gasteiger charge is -2.09. The summed E-state index contributed by atoms with van der Waals surface area (Å²) in [6.45, 7) is 2.51. The van der Waals surface area contributed by atoms with Crippen LogP contribution in [0.5, 0.6) is 0 Å². The molecule has 12 heavy (non-hydrogen) atoms. The van der Waals surface area contributed by atoms with E-state index in [1.165, 1.54) is 11.3 Å². The predicted molar refractivity (Wildman–Crippen MR) is 54.1 cm³/mol. The molecule has 0 radical (unpaired) electrons. The fourth-order valence-corrected chi connectivity index (χ4v) is 1.67. The van der Waals surface area contributed by atoms with E-state index in [9.17, 15) is 5.11 Å². The van der Waals surface area contributed by atoms with Crippen molar-refractivity contribution in [2.45, 2.75) is 19.4 Å². The third kappa shape index (κ3) is 2.66. The van der Waals surface area contributed by atoms with Crippen LogP contribution in [0.25, 0.3) is 0 Å². The molecule has 0 amide bonds. The Morgan fingerprint density at radius 3 is 3.00 bits per heavy atom. The first-order valence-electron chi connectivity index (χ1n) is 3.89. The van der Waals surface area contributed by atoms with Crippen LogP contribution in [0.2, 0.25) is 4.34 Å². The molecule has 1 atom stereocenters. The molecule has 0 fully saturated rings. The van der Waals surface area contributed by atoms with E-state index in [1.54, 1.807) is 0 Å². The second kappa shape index (κ2) is 4.70. The zero-order valence-electron chi connectivity index (χ0n) is 6.88. The van der Waals surface area contributed by atoms with Gasteiger partial charge in [0.1, 0.15) is 4.34 Å². The van der Waals surface area contributed by atoms with E-state index in [0.29, 0.717) is 6.54 Å². The third-order valence-electron chi connectivity index (χ3n) is 1.62. The smallest absolute Gasteiger partial charge is 0.116 e. The van der Waals surface area contributed by atoms with Crippen molar-refractivity contribution < 1.29 is 5.11 Å². The van der Waals surface area contributed by atoms with Crippen molar-refractivity contribution in [3.8, 4) is 0 Å². The average molecular weight is 206 g/mol. The highest BCUT2D eigenvalue weighted by Gasteiger charge is 2.03. The molecule has 0 aliphatic rings. The fourth-order valence-electron chi connectivity index (χ4n) is 0.791. The SMILES string of the molecule is CC[C@@H](O)CNc1ccsc1Cl. The summed E-state index contributed by atoms with van der Waals surface area (Å²) in [5.41, 5.74) is 0.911. The van der Waals surface area contributed by atoms with Gasteiger partial charge in [-0.15, -0.1) is 11.3 Å². The van der Waals surface area contributed by atoms with E-state index in [-0.39, 0.29) is 6.10 Å². The molecular formula is C8H12ClNOS. The van der Waals surface area contributed by atoms with Gasteiger partial charge in [-0.3, -0.25) is 0 Å². The van der Waals surface area contributed by atoms with Gasteiger partial charge in [-0.1, -0.05) is 18.5 Å². The number of aliphatic hydroxyl groups excluding tert-OH is 1. The van der Waals surface area contributed by atoms with Crippen LogP contribution in [-0.2, 0) is 0 Å². The second-order valence-corrected chi connectivity index (χ2v) is 4.07. The van der Waals surface area contributed by atoms with Crippen LogP contribution >= 0.6 is 22.9 Å². The molecule has 0 bridgehead atoms. The number of rotatable bonds is 4. The Labute approximate surface area is 81.2 Å². The number of thiophene rings is 1. The Bertz CT molecular complexity index is 239. The molecule has 0 aliphatic heterocycles. The maximum absolute atomic E-state index is 9.25. The van der Waals surface area contributed by atoms with Gasteiger partial charge in [-0.2, -0.15) is 0 Å². The molecule has 0 saturated carbocycles. The monoisotopic (exact) mass is 205 g/mol. The predicted octanol–water partition coefficient (Wildman–Crippen LogP) is 2.58. The van der Waals surface area contributed by atoms with E-state index < -0.39 is 0 Å². The maximum atomic E-state index is 9.25. The molecule has 0 aliphatic carbocycles. The zero-order valence-corrected chi connectivity index (χ0v) is 8.45. The first-order valence-corrected chi connectivity index (χ1v) is 5.14. The lowest BCUT2D eigenvalue weighted by atomic mass is 10.3. The molecule has 2 nitrogen and oxygen atoms in total. The number of hydrogen-bond acceptors (Lipinski definition) is 3. The van der Waals surface area contributed by atoms with Crippen LogP contribution in [0.15, 0.2) is 11.4 Å². The highest BCUT2D eigenvalue weighted by Crippen LogP contribution is 2.27. The van der Waals surface area contributed by atoms with Gasteiger partial charge in [0.15, 0.2) is 0 Å². The Kier molecular flexibility index (Phi) is 3.85. The van der Waals surface area contributed by atoms with Gasteiger partial charge in [-0.05, 0) is 17.9 Å². The molecule has 1 heterocycles. The van der Waals surface area contributed by atoms with E-state index in [1.807, 2.05) is 18.4 Å². The summed E-state index contributed by atoms with van der Waals surface area (Å²) < 4.78 is 0.748. The Morgan fingerprint density at radius 1 is 1.75 bits per heavy atom. The molecule has 0 aromatic carbocycles. The minimum atomic E-state index is -0.291. The molecule has 2 N–H and O–H groups in total. The summed E-state index contributed by atoms with van der Waals surface area (Å²) in [7, 11) is 0. The topological polar surface area (TPSA) is 32.3 Å². The molecule has 4 heteroatoms. The van der Waals surface area contributed by atoms with Gasteiger partial charge in [0.05, 0.1) is 11.8 Å². The summed E-state index contributed by atoms with van der Waals surface area (Å²) in [4.78, 5) is 0. The van der Waals surface area contributed by atoms with Gasteiger partial charge < -0.3 is 10.4 Å². The molecule has 0 spiro atoms. The fraction of sp³-hybridized carbons (Fsp3) is 0.500. The first kappa shape index (κ1) is 9.84. The minimum absolute atomic E-state index is 0.291. The van der Waals surface area contributed by atoms with Crippen molar-refractivity contribution in [3.63, 3.8) is 0 Å². The van der Waals surface area contributed by atoms with Crippen LogP contribution in [-0.4, -0.2) is 17.8 Å². The third-order valence-corrected chi connectivity index (χ3v) is 2.79. The van der Waals surface area contributed by atoms with Gasteiger partial charge in [0.25, 0.3) is 0 Å². The summed E-state index contributed by atoms with van der Waals surface area (Å²) in [5.74, 6) is 0. The van der Waals surface area contributed by atoms with E-state index >= 15 is 0 Å². The highest BCUT2D eigenvalue weighted by molar-refractivity contribution is 7.15. The first-order chi connectivity index (χ1) is 5.74. The molecule has 0 unspecified atom stereocenters. The normalized spacial score (nSPS) is 12.9. The number of halogens is 1. The number of anilines is 1. The molecule has 1 aromatic rings. The van der Waals surface area contributed by atoms with Gasteiger partial charge in [0, 0.05) is 6.54 Å². The van der Waals surface area contributed by atoms with E-state index in [0.717, 1.165) is 16.4 Å². The van der Waals surface area contributed by atoms with Crippen molar-refractivity contribution >= 4 is 28.6 Å². The van der Waals surface area contributed by atoms with Gasteiger partial charge >= 0.3 is 0 Å². The largest absolute Gasteiger partial charge is 0.391 e. The van der Waals surface area contributed by atoms with E-state index in [4.69, 9.17) is 11.6 Å². The van der Waals surface area contributed by atoms with Crippen LogP contribution in [0.3, 0.4) is 0 Å². The Hall–Kier alpha value is -0.250. The van der Waals surface area contributed by atoms with Crippen molar-refractivity contribution in [2.75, 3.05) is 11.9 Å². The summed E-state index contributed by atoms with van der Waals surface area (Å²) in [6.07, 6.45) is 0.468. The van der Waals surface area contributed by atoms with Crippen molar-refractivity contribution in [3.05, 3.63) is 15.8 Å². The molecule has 1 rings (SSSR count). The lowest BCUT2D eigenvalue weighted by molar-refractivity contribution is 0.183. The Balaban J connectivity index is 2.38. The summed E-state index contributed by atoms with van der Waals surface area (Å²) in [6, 6.07) is 1.91. The van der Waals surface area contributed by atoms with Crippen molar-refractivity contribution in [1.82, 2.24) is 0 Å². The average Bonchev–Trinajstić information content (AvgIpc) is 2.47. The second-order valence-electron chi connectivity index (χ2n) is 2.55. The van der Waals surface area contributed by atoms with Crippen molar-refractivity contribution in [1.29, 1.82) is 0 Å². The summed E-state index contributed by atoms with van der Waals surface area (Å²) in [5, 5.41) is 14.2. The highest BCUT2D eigenvalue weighted by atomic mass is 35.5. The molecular weight excluding hydrogens is 194 g/mol. The van der Waals surface area contributed by atoms with Crippen LogP contribution in [0, 0.1) is 0 Å². The summed E-state index contributed by atoms with van der Waals surface area (Å²) >= 11 is 7.33. The van der Waals surface area contributed by atoms with Gasteiger partial charge in [-0.25, -0.2) is 0 Å². The number of nitrogens with one attached hydrogen (secondary N) is 1. The number of hydrogen-bond donors (Lipinski definition) is 2. The van der Waals surface area contributed by atoms with E-state index in [2.05, 4.69) is 5.32 Å². The number of aliphatic hydroxyl groups is 1.